The Morgan fingerprint density at radius 2 is 0.625 bits per heavy atom. The Labute approximate surface area is 388 Å². The van der Waals surface area contributed by atoms with Gasteiger partial charge in [-0.2, -0.15) is 0 Å². The van der Waals surface area contributed by atoms with Gasteiger partial charge in [0.2, 0.25) is 0 Å². The van der Waals surface area contributed by atoms with E-state index in [1.807, 2.05) is 127 Å². The zero-order valence-electron chi connectivity index (χ0n) is 39.8. The van der Waals surface area contributed by atoms with Crippen LogP contribution in [-0.2, 0) is 0 Å². The summed E-state index contributed by atoms with van der Waals surface area (Å²) in [4.78, 5) is 0. The van der Waals surface area contributed by atoms with Gasteiger partial charge in [-0.15, -0.1) is 22.7 Å². The van der Waals surface area contributed by atoms with Crippen LogP contribution in [0.1, 0.15) is 77.6 Å². The molecule has 12 aromatic rings. The first-order chi connectivity index (χ1) is 31.4. The maximum absolute atomic E-state index is 5.84. The van der Waals surface area contributed by atoms with E-state index >= 15 is 0 Å². The van der Waals surface area contributed by atoms with E-state index < -0.39 is 0 Å². The molecule has 0 spiro atoms. The maximum Gasteiger partial charge on any atom is 0.138 e. The van der Waals surface area contributed by atoms with Crippen molar-refractivity contribution in [1.82, 2.24) is 0 Å². The smallest absolute Gasteiger partial charge is 0.138 e. The first-order valence-corrected chi connectivity index (χ1v) is 24.5. The topological polar surface area (TPSA) is 26.3 Å². The zero-order valence-corrected chi connectivity index (χ0v) is 41.4. The third kappa shape index (κ3) is 10.9. The third-order valence-corrected chi connectivity index (χ3v) is 12.7. The molecule has 0 amide bonds. The quantitative estimate of drug-likeness (QED) is 0.152. The molecular formula is C60H64O2S2. The van der Waals surface area contributed by atoms with Crippen molar-refractivity contribution in [2.45, 2.75) is 83.1 Å². The largest absolute Gasteiger partial charge is 0.456 e. The highest BCUT2D eigenvalue weighted by Gasteiger charge is 2.09. The van der Waals surface area contributed by atoms with Crippen molar-refractivity contribution < 1.29 is 8.83 Å². The number of aryl methyl sites for hydroxylation is 4. The lowest BCUT2D eigenvalue weighted by Crippen LogP contribution is -1.76. The molecule has 2 nitrogen and oxygen atoms in total. The monoisotopic (exact) mass is 880 g/mol. The standard InChI is InChI=1S/C14H12O.C14H12S.C12H8O.C12H8S.4C2H6/c2*1-9-7-10(2)14-12(8-9)11-5-3-4-6-13(11)15-14;2*1-3-7-11-9(5-1)10-6-2-4-8-12(10)13-11;4*1-2/h2*3-8H,1-2H3;2*1-8H;4*1-2H3. The molecule has 4 heterocycles. The lowest BCUT2D eigenvalue weighted by atomic mass is 10.1. The minimum absolute atomic E-state index is 0.962. The van der Waals surface area contributed by atoms with E-state index in [4.69, 9.17) is 8.83 Å². The Hall–Kier alpha value is -6.20. The average Bonchev–Trinajstić information content (AvgIpc) is 4.13. The van der Waals surface area contributed by atoms with Crippen LogP contribution in [-0.4, -0.2) is 0 Å². The minimum atomic E-state index is 0.962. The number of furan rings is 2. The van der Waals surface area contributed by atoms with Crippen molar-refractivity contribution in [2.75, 3.05) is 0 Å². The highest BCUT2D eigenvalue weighted by molar-refractivity contribution is 7.26. The van der Waals surface area contributed by atoms with E-state index in [0.29, 0.717) is 0 Å². The second-order valence-corrected chi connectivity index (χ2v) is 16.4. The van der Waals surface area contributed by atoms with Gasteiger partial charge in [0.15, 0.2) is 0 Å². The maximum atomic E-state index is 5.84. The van der Waals surface area contributed by atoms with E-state index in [-0.39, 0.29) is 0 Å². The van der Waals surface area contributed by atoms with Crippen LogP contribution in [0.5, 0.6) is 0 Å². The van der Waals surface area contributed by atoms with Crippen molar-refractivity contribution in [3.05, 3.63) is 192 Å². The molecule has 12 rings (SSSR count). The van der Waals surface area contributed by atoms with Crippen LogP contribution in [0.15, 0.2) is 179 Å². The van der Waals surface area contributed by atoms with Crippen molar-refractivity contribution in [3.63, 3.8) is 0 Å². The molecule has 0 saturated carbocycles. The molecule has 8 aromatic carbocycles. The molecule has 0 bridgehead atoms. The molecule has 0 unspecified atom stereocenters. The number of benzene rings is 8. The number of hydrogen-bond donors (Lipinski definition) is 0. The molecule has 328 valence electrons. The SMILES string of the molecule is CC.CC.CC.CC.Cc1cc(C)c2oc3ccccc3c2c1.Cc1cc(C)c2sc3ccccc3c2c1.c1ccc2c(c1)oc1ccccc12.c1ccc2c(c1)sc1ccccc12. The van der Waals surface area contributed by atoms with Crippen molar-refractivity contribution in [1.29, 1.82) is 0 Å². The molecule has 4 heteroatoms. The lowest BCUT2D eigenvalue weighted by molar-refractivity contribution is 0.665. The van der Waals surface area contributed by atoms with Gasteiger partial charge in [0.25, 0.3) is 0 Å². The van der Waals surface area contributed by atoms with E-state index in [1.54, 1.807) is 0 Å². The molecule has 0 aliphatic rings. The number of hydrogen-bond acceptors (Lipinski definition) is 4. The molecule has 0 saturated heterocycles. The summed E-state index contributed by atoms with van der Waals surface area (Å²) in [6, 6.07) is 59.1. The van der Waals surface area contributed by atoms with Gasteiger partial charge in [-0.1, -0.05) is 182 Å². The van der Waals surface area contributed by atoms with Gasteiger partial charge in [0.1, 0.15) is 22.3 Å². The molecule has 4 aromatic heterocycles. The Balaban J connectivity index is 0.000000153. The van der Waals surface area contributed by atoms with Crippen molar-refractivity contribution >= 4 is 107 Å². The van der Waals surface area contributed by atoms with Gasteiger partial charge in [-0.05, 0) is 92.9 Å². The Kier molecular flexibility index (Phi) is 18.3. The van der Waals surface area contributed by atoms with E-state index in [0.717, 1.165) is 22.3 Å². The number of para-hydroxylation sites is 3. The predicted octanol–water partition coefficient (Wildman–Crippen LogP) is 20.6. The second-order valence-electron chi connectivity index (χ2n) is 14.3. The summed E-state index contributed by atoms with van der Waals surface area (Å²) in [5, 5.41) is 10.4. The molecular weight excluding hydrogens is 817 g/mol. The van der Waals surface area contributed by atoms with Crippen LogP contribution in [0.2, 0.25) is 0 Å². The summed E-state index contributed by atoms with van der Waals surface area (Å²) in [5.74, 6) is 0. The summed E-state index contributed by atoms with van der Waals surface area (Å²) in [6.07, 6.45) is 0. The van der Waals surface area contributed by atoms with Gasteiger partial charge < -0.3 is 8.83 Å². The van der Waals surface area contributed by atoms with Gasteiger partial charge in [-0.3, -0.25) is 0 Å². The van der Waals surface area contributed by atoms with Crippen molar-refractivity contribution in [2.24, 2.45) is 0 Å². The van der Waals surface area contributed by atoms with Gasteiger partial charge >= 0.3 is 0 Å². The van der Waals surface area contributed by atoms with Crippen LogP contribution in [0.3, 0.4) is 0 Å². The van der Waals surface area contributed by atoms with Crippen LogP contribution >= 0.6 is 22.7 Å². The fraction of sp³-hybridized carbons (Fsp3) is 0.200. The normalized spacial score (nSPS) is 10.2. The summed E-state index contributed by atoms with van der Waals surface area (Å²) < 4.78 is 17.1. The predicted molar refractivity (Wildman–Crippen MR) is 290 cm³/mol. The highest BCUT2D eigenvalue weighted by atomic mass is 32.1. The third-order valence-electron chi connectivity index (χ3n) is 10.2. The summed E-state index contributed by atoms with van der Waals surface area (Å²) in [5.41, 5.74) is 9.15. The van der Waals surface area contributed by atoms with Crippen LogP contribution in [0, 0.1) is 27.7 Å². The molecule has 0 aliphatic heterocycles. The Bertz CT molecular complexity index is 2990. The van der Waals surface area contributed by atoms with Gasteiger partial charge in [0.05, 0.1) is 0 Å². The van der Waals surface area contributed by atoms with Gasteiger partial charge in [0, 0.05) is 61.9 Å². The van der Waals surface area contributed by atoms with Crippen molar-refractivity contribution in [3.8, 4) is 0 Å². The van der Waals surface area contributed by atoms with Gasteiger partial charge in [-0.25, -0.2) is 0 Å². The lowest BCUT2D eigenvalue weighted by Gasteiger charge is -1.98. The Morgan fingerprint density at radius 3 is 1.09 bits per heavy atom. The molecule has 64 heavy (non-hydrogen) atoms. The minimum Gasteiger partial charge on any atom is -0.456 e. The van der Waals surface area contributed by atoms with E-state index in [9.17, 15) is 0 Å². The van der Waals surface area contributed by atoms with Crippen LogP contribution < -0.4 is 0 Å². The zero-order chi connectivity index (χ0) is 46.2. The summed E-state index contributed by atoms with van der Waals surface area (Å²) in [6.45, 7) is 24.6. The Morgan fingerprint density at radius 1 is 0.297 bits per heavy atom. The average molecular weight is 881 g/mol. The summed E-state index contributed by atoms with van der Waals surface area (Å²) >= 11 is 3.76. The highest BCUT2D eigenvalue weighted by Crippen LogP contribution is 2.37. The number of fused-ring (bicyclic) bond motifs is 12. The van der Waals surface area contributed by atoms with E-state index in [1.165, 1.54) is 84.1 Å². The molecule has 0 fully saturated rings. The molecule has 0 N–H and O–H groups in total. The van der Waals surface area contributed by atoms with Crippen LogP contribution in [0.25, 0.3) is 84.2 Å². The first-order valence-electron chi connectivity index (χ1n) is 22.9. The van der Waals surface area contributed by atoms with Crippen LogP contribution in [0.4, 0.5) is 0 Å². The summed E-state index contributed by atoms with van der Waals surface area (Å²) in [7, 11) is 0. The first kappa shape index (κ1) is 48.8. The number of thiophene rings is 2. The van der Waals surface area contributed by atoms with E-state index in [2.05, 4.69) is 149 Å². The fourth-order valence-corrected chi connectivity index (χ4v) is 9.96. The second kappa shape index (κ2) is 24.0. The molecule has 0 atom stereocenters. The molecule has 0 aliphatic carbocycles. The number of rotatable bonds is 0. The fourth-order valence-electron chi connectivity index (χ4n) is 7.71. The molecule has 0 radical (unpaired) electrons.